The highest BCUT2D eigenvalue weighted by molar-refractivity contribution is 5.99. The van der Waals surface area contributed by atoms with Gasteiger partial charge in [0.2, 0.25) is 0 Å². The van der Waals surface area contributed by atoms with Crippen LogP contribution in [0.2, 0.25) is 0 Å². The van der Waals surface area contributed by atoms with Crippen molar-refractivity contribution in [2.45, 2.75) is 27.0 Å². The van der Waals surface area contributed by atoms with E-state index in [1.54, 1.807) is 36.7 Å². The molecule has 7 nitrogen and oxygen atoms in total. The second-order valence-corrected chi connectivity index (χ2v) is 6.96. The lowest BCUT2D eigenvalue weighted by molar-refractivity contribution is -0.0499. The van der Waals surface area contributed by atoms with Crippen LogP contribution in [0.5, 0.6) is 5.75 Å². The van der Waals surface area contributed by atoms with Gasteiger partial charge in [-0.25, -0.2) is 9.07 Å². The Kier molecular flexibility index (Phi) is 6.58. The Labute approximate surface area is 193 Å². The maximum Gasteiger partial charge on any atom is 0.387 e. The van der Waals surface area contributed by atoms with Crippen molar-refractivity contribution >= 4 is 5.91 Å². The van der Waals surface area contributed by atoms with Crippen molar-refractivity contribution in [1.82, 2.24) is 25.1 Å². The first kappa shape index (κ1) is 23.0. The smallest absolute Gasteiger partial charge is 0.387 e. The van der Waals surface area contributed by atoms with Crippen molar-refractivity contribution in [3.05, 3.63) is 78.0 Å². The molecule has 34 heavy (non-hydrogen) atoms. The normalized spacial score (nSPS) is 12.1. The minimum atomic E-state index is -3.09. The highest BCUT2D eigenvalue weighted by Crippen LogP contribution is 2.33. The lowest BCUT2D eigenvalue weighted by Crippen LogP contribution is -2.12. The van der Waals surface area contributed by atoms with Crippen LogP contribution in [0.1, 0.15) is 29.8 Å². The number of nitrogens with zero attached hydrogens (tertiary/aromatic N) is 4. The lowest BCUT2D eigenvalue weighted by atomic mass is 10.1. The number of aromatic nitrogens is 4. The first-order valence-corrected chi connectivity index (χ1v) is 10.5. The molecule has 1 amide bonds. The van der Waals surface area contributed by atoms with E-state index in [1.165, 1.54) is 23.0 Å². The molecule has 0 saturated carbocycles. The summed E-state index contributed by atoms with van der Waals surface area (Å²) in [6.45, 7) is 1.21. The van der Waals surface area contributed by atoms with Gasteiger partial charge in [0, 0.05) is 41.7 Å². The first-order chi connectivity index (χ1) is 16.5. The zero-order chi connectivity index (χ0) is 24.2. The predicted molar refractivity (Wildman–Crippen MR) is 119 cm³/mol. The van der Waals surface area contributed by atoms with Gasteiger partial charge in [0.05, 0.1) is 23.3 Å². The Balaban J connectivity index is 0.00000133. The molecule has 10 heteroatoms. The van der Waals surface area contributed by atoms with Crippen molar-refractivity contribution in [2.75, 3.05) is 0 Å². The zero-order valence-electron chi connectivity index (χ0n) is 18.3. The van der Waals surface area contributed by atoms with Crippen LogP contribution in [-0.2, 0) is 6.54 Å². The predicted octanol–water partition coefficient (Wildman–Crippen LogP) is 5.01. The van der Waals surface area contributed by atoms with E-state index in [9.17, 15) is 18.0 Å². The molecular weight excluding hydrogens is 447 g/mol. The first-order valence-electron chi connectivity index (χ1n) is 10.5. The third kappa shape index (κ3) is 4.47. The number of hydrogen-bond donors (Lipinski definition) is 1. The molecule has 1 aliphatic rings. The SMILES string of the molecule is CC.O=C1NCc2c1ccnc2-c1cc(-c2cc(F)cc(OC(F)F)c2)n(-c2cccnc2)n1. The number of pyridine rings is 2. The van der Waals surface area contributed by atoms with Gasteiger partial charge >= 0.3 is 6.61 Å². The van der Waals surface area contributed by atoms with E-state index in [0.29, 0.717) is 40.4 Å². The highest BCUT2D eigenvalue weighted by atomic mass is 19.3. The number of alkyl halides is 2. The number of amides is 1. The number of halogens is 3. The summed E-state index contributed by atoms with van der Waals surface area (Å²) in [7, 11) is 0. The average Bonchev–Trinajstić information content (AvgIpc) is 3.45. The minimum absolute atomic E-state index is 0.200. The number of ether oxygens (including phenoxy) is 1. The molecule has 0 aliphatic carbocycles. The molecule has 0 fully saturated rings. The van der Waals surface area contributed by atoms with Crippen LogP contribution in [0.4, 0.5) is 13.2 Å². The van der Waals surface area contributed by atoms with Gasteiger partial charge in [-0.3, -0.25) is 14.8 Å². The molecule has 4 aromatic rings. The average molecular weight is 467 g/mol. The number of carbonyl (C=O) groups is 1. The molecule has 0 spiro atoms. The molecule has 0 atom stereocenters. The summed E-state index contributed by atoms with van der Waals surface area (Å²) in [5.74, 6) is -1.26. The van der Waals surface area contributed by atoms with E-state index in [0.717, 1.165) is 6.07 Å². The second kappa shape index (κ2) is 9.74. The monoisotopic (exact) mass is 467 g/mol. The Morgan fingerprint density at radius 2 is 1.94 bits per heavy atom. The van der Waals surface area contributed by atoms with Crippen LogP contribution < -0.4 is 10.1 Å². The van der Waals surface area contributed by atoms with E-state index in [2.05, 4.69) is 25.1 Å². The largest absolute Gasteiger partial charge is 0.435 e. The standard InChI is InChI=1S/C22H14F3N5O2.C2H6/c23-13-6-12(7-15(8-13)32-22(24)25)19-9-18(29-30(19)14-2-1-4-26-10-14)20-17-11-28-21(31)16(17)3-5-27-20;1-2/h1-10,22H,11H2,(H,28,31);1-2H3. The number of carbonyl (C=O) groups excluding carboxylic acids is 1. The van der Waals surface area contributed by atoms with Crippen LogP contribution in [0, 0.1) is 5.82 Å². The van der Waals surface area contributed by atoms with Crippen molar-refractivity contribution in [1.29, 1.82) is 0 Å². The van der Waals surface area contributed by atoms with Gasteiger partial charge in [-0.2, -0.15) is 13.9 Å². The van der Waals surface area contributed by atoms with E-state index in [4.69, 9.17) is 0 Å². The van der Waals surface area contributed by atoms with Crippen LogP contribution in [-0.4, -0.2) is 32.3 Å². The lowest BCUT2D eigenvalue weighted by Gasteiger charge is -2.10. The van der Waals surface area contributed by atoms with E-state index >= 15 is 0 Å². The second-order valence-electron chi connectivity index (χ2n) is 6.96. The molecular formula is C24H20F3N5O2. The third-order valence-corrected chi connectivity index (χ3v) is 4.96. The molecule has 3 aromatic heterocycles. The molecule has 0 radical (unpaired) electrons. The van der Waals surface area contributed by atoms with Gasteiger partial charge in [0.1, 0.15) is 17.3 Å². The van der Waals surface area contributed by atoms with Gasteiger partial charge in [-0.15, -0.1) is 0 Å². The van der Waals surface area contributed by atoms with Crippen LogP contribution in [0.3, 0.4) is 0 Å². The van der Waals surface area contributed by atoms with Crippen LogP contribution >= 0.6 is 0 Å². The number of benzene rings is 1. The summed E-state index contributed by atoms with van der Waals surface area (Å²) < 4.78 is 45.5. The molecule has 0 saturated heterocycles. The Morgan fingerprint density at radius 1 is 1.12 bits per heavy atom. The highest BCUT2D eigenvalue weighted by Gasteiger charge is 2.25. The minimum Gasteiger partial charge on any atom is -0.435 e. The molecule has 174 valence electrons. The van der Waals surface area contributed by atoms with Gasteiger partial charge in [-0.05, 0) is 36.4 Å². The Morgan fingerprint density at radius 3 is 2.68 bits per heavy atom. The fraction of sp³-hybridized carbons (Fsp3) is 0.167. The summed E-state index contributed by atoms with van der Waals surface area (Å²) in [6.07, 6.45) is 4.66. The molecule has 0 unspecified atom stereocenters. The summed E-state index contributed by atoms with van der Waals surface area (Å²) in [4.78, 5) is 20.5. The Bertz CT molecular complexity index is 1330. The zero-order valence-corrected chi connectivity index (χ0v) is 18.3. The molecule has 0 bridgehead atoms. The fourth-order valence-electron chi connectivity index (χ4n) is 3.63. The van der Waals surface area contributed by atoms with E-state index in [1.807, 2.05) is 13.8 Å². The van der Waals surface area contributed by atoms with Gasteiger partial charge < -0.3 is 10.1 Å². The third-order valence-electron chi connectivity index (χ3n) is 4.96. The molecule has 1 aliphatic heterocycles. The summed E-state index contributed by atoms with van der Waals surface area (Å²) in [6, 6.07) is 10.1. The molecule has 5 rings (SSSR count). The van der Waals surface area contributed by atoms with Crippen molar-refractivity contribution < 1.29 is 22.7 Å². The van der Waals surface area contributed by atoms with Crippen LogP contribution in [0.15, 0.2) is 61.1 Å². The van der Waals surface area contributed by atoms with E-state index < -0.39 is 12.4 Å². The Hall–Kier alpha value is -4.21. The molecule has 4 heterocycles. The topological polar surface area (TPSA) is 81.9 Å². The fourth-order valence-corrected chi connectivity index (χ4v) is 3.63. The molecule has 1 N–H and O–H groups in total. The molecule has 1 aromatic carbocycles. The number of nitrogens with one attached hydrogen (secondary N) is 1. The number of hydrogen-bond acceptors (Lipinski definition) is 5. The van der Waals surface area contributed by atoms with Crippen LogP contribution in [0.25, 0.3) is 28.3 Å². The summed E-state index contributed by atoms with van der Waals surface area (Å²) in [5.41, 5.74) is 3.36. The van der Waals surface area contributed by atoms with Gasteiger partial charge in [0.15, 0.2) is 0 Å². The summed E-state index contributed by atoms with van der Waals surface area (Å²) in [5, 5.41) is 7.37. The maximum absolute atomic E-state index is 14.2. The quantitative estimate of drug-likeness (QED) is 0.446. The number of fused-ring (bicyclic) bond motifs is 1. The summed E-state index contributed by atoms with van der Waals surface area (Å²) >= 11 is 0. The number of rotatable bonds is 5. The van der Waals surface area contributed by atoms with Crippen molar-refractivity contribution in [3.63, 3.8) is 0 Å². The maximum atomic E-state index is 14.2. The van der Waals surface area contributed by atoms with Crippen molar-refractivity contribution in [3.8, 4) is 34.1 Å². The van der Waals surface area contributed by atoms with E-state index in [-0.39, 0.29) is 17.2 Å². The van der Waals surface area contributed by atoms with Crippen molar-refractivity contribution in [2.24, 2.45) is 0 Å². The van der Waals surface area contributed by atoms with Gasteiger partial charge in [0.25, 0.3) is 5.91 Å². The van der Waals surface area contributed by atoms with Gasteiger partial charge in [-0.1, -0.05) is 13.8 Å².